The topological polar surface area (TPSA) is 144 Å². The molecular formula is C27H28F4N4O6S2. The number of hydrogen-bond acceptors (Lipinski definition) is 8. The molecule has 16 heteroatoms. The van der Waals surface area contributed by atoms with Crippen LogP contribution in [-0.4, -0.2) is 45.6 Å². The minimum absolute atomic E-state index is 0.126. The van der Waals surface area contributed by atoms with E-state index >= 15 is 0 Å². The summed E-state index contributed by atoms with van der Waals surface area (Å²) in [6.45, 7) is -0.126. The Labute approximate surface area is 246 Å². The lowest BCUT2D eigenvalue weighted by Gasteiger charge is -2.27. The van der Waals surface area contributed by atoms with E-state index in [9.17, 15) is 39.2 Å². The molecule has 0 saturated carbocycles. The Morgan fingerprint density at radius 1 is 1.12 bits per heavy atom. The minimum Gasteiger partial charge on any atom is -0.349 e. The summed E-state index contributed by atoms with van der Waals surface area (Å²) in [7, 11) is -8.15. The van der Waals surface area contributed by atoms with Crippen LogP contribution in [0.2, 0.25) is 0 Å². The molecule has 1 aliphatic carbocycles. The van der Waals surface area contributed by atoms with Gasteiger partial charge in [-0.05, 0) is 55.2 Å². The molecule has 0 fully saturated rings. The van der Waals surface area contributed by atoms with Gasteiger partial charge in [0, 0.05) is 30.3 Å². The fraction of sp³-hybridized carbons (Fsp3) is 0.370. The summed E-state index contributed by atoms with van der Waals surface area (Å²) in [5, 5.41) is 2.84. The van der Waals surface area contributed by atoms with Gasteiger partial charge < -0.3 is 5.32 Å². The fourth-order valence-electron chi connectivity index (χ4n) is 4.60. The SMILES string of the molecule is CS(=O)(=O)OCCc1ncc2c(n1)CCCC2NC(=O)CC(NS(=O)(=O)c1cccc(C(F)(F)F)c1)c1ccc(F)cc1. The van der Waals surface area contributed by atoms with E-state index in [0.717, 1.165) is 36.6 Å². The van der Waals surface area contributed by atoms with E-state index in [4.69, 9.17) is 4.18 Å². The number of alkyl halides is 3. The zero-order chi connectivity index (χ0) is 31.4. The van der Waals surface area contributed by atoms with Crippen LogP contribution in [0, 0.1) is 5.82 Å². The molecule has 0 saturated heterocycles. The number of carbonyl (C=O) groups excluding carboxylic acids is 1. The Hall–Kier alpha value is -3.47. The number of halogens is 4. The second kappa shape index (κ2) is 13.0. The van der Waals surface area contributed by atoms with Crippen molar-refractivity contribution < 1.29 is 43.4 Å². The number of rotatable bonds is 11. The number of fused-ring (bicyclic) bond motifs is 1. The number of nitrogens with zero attached hydrogens (tertiary/aromatic N) is 2. The van der Waals surface area contributed by atoms with Gasteiger partial charge in [-0.3, -0.25) is 8.98 Å². The number of hydrogen-bond donors (Lipinski definition) is 2. The number of carbonyl (C=O) groups is 1. The largest absolute Gasteiger partial charge is 0.416 e. The molecule has 43 heavy (non-hydrogen) atoms. The van der Waals surface area contributed by atoms with E-state index in [1.54, 1.807) is 0 Å². The lowest BCUT2D eigenvalue weighted by molar-refractivity contribution is -0.137. The number of aryl methyl sites for hydroxylation is 1. The summed E-state index contributed by atoms with van der Waals surface area (Å²) in [4.78, 5) is 21.3. The average Bonchev–Trinajstić information content (AvgIpc) is 2.92. The van der Waals surface area contributed by atoms with Gasteiger partial charge in [-0.1, -0.05) is 18.2 Å². The van der Waals surface area contributed by atoms with E-state index in [0.29, 0.717) is 42.4 Å². The first-order valence-corrected chi connectivity index (χ1v) is 16.3. The third-order valence-corrected chi connectivity index (χ3v) is 8.69. The zero-order valence-electron chi connectivity index (χ0n) is 22.8. The molecule has 1 aromatic heterocycles. The standard InChI is InChI=1S/C27H28F4N4O6S2/c1-42(37,38)41-13-12-25-32-16-21-22(33-25)6-3-7-23(21)34-26(36)15-24(17-8-10-19(28)11-9-17)35-43(39,40)20-5-2-4-18(14-20)27(29,30)31/h2,4-5,8-11,14,16,23-24,35H,3,6-7,12-13,15H2,1H3,(H,34,36). The Morgan fingerprint density at radius 3 is 2.51 bits per heavy atom. The quantitative estimate of drug-likeness (QED) is 0.237. The molecule has 0 aliphatic heterocycles. The van der Waals surface area contributed by atoms with Gasteiger partial charge in [0.15, 0.2) is 0 Å². The molecule has 2 atom stereocenters. The van der Waals surface area contributed by atoms with Crippen molar-refractivity contribution in [3.8, 4) is 0 Å². The first kappa shape index (κ1) is 32.4. The maximum absolute atomic E-state index is 13.6. The van der Waals surface area contributed by atoms with Crippen molar-refractivity contribution in [2.45, 2.75) is 55.3 Å². The van der Waals surface area contributed by atoms with E-state index in [1.807, 2.05) is 0 Å². The molecule has 232 valence electrons. The molecule has 1 aliphatic rings. The van der Waals surface area contributed by atoms with Crippen molar-refractivity contribution >= 4 is 26.0 Å². The van der Waals surface area contributed by atoms with Crippen LogP contribution >= 0.6 is 0 Å². The highest BCUT2D eigenvalue weighted by Crippen LogP contribution is 2.32. The molecule has 1 heterocycles. The molecule has 1 amide bonds. The van der Waals surface area contributed by atoms with Crippen LogP contribution in [-0.2, 0) is 48.1 Å². The molecule has 3 aromatic rings. The van der Waals surface area contributed by atoms with E-state index in [2.05, 4.69) is 20.0 Å². The number of benzene rings is 2. The molecule has 2 aromatic carbocycles. The second-order valence-electron chi connectivity index (χ2n) is 9.93. The van der Waals surface area contributed by atoms with Crippen molar-refractivity contribution in [2.24, 2.45) is 0 Å². The van der Waals surface area contributed by atoms with E-state index in [-0.39, 0.29) is 18.6 Å². The van der Waals surface area contributed by atoms with Crippen LogP contribution in [0.1, 0.15) is 59.6 Å². The van der Waals surface area contributed by atoms with Crippen molar-refractivity contribution in [3.63, 3.8) is 0 Å². The van der Waals surface area contributed by atoms with Gasteiger partial charge in [-0.15, -0.1) is 0 Å². The fourth-order valence-corrected chi connectivity index (χ4v) is 6.26. The third-order valence-electron chi connectivity index (χ3n) is 6.62. The van der Waals surface area contributed by atoms with E-state index < -0.39 is 67.0 Å². The smallest absolute Gasteiger partial charge is 0.349 e. The molecule has 2 unspecified atom stereocenters. The van der Waals surface area contributed by atoms with Crippen LogP contribution in [0.5, 0.6) is 0 Å². The molecule has 0 bridgehead atoms. The lowest BCUT2D eigenvalue weighted by atomic mass is 9.92. The lowest BCUT2D eigenvalue weighted by Crippen LogP contribution is -2.36. The van der Waals surface area contributed by atoms with Crippen molar-refractivity contribution in [2.75, 3.05) is 12.9 Å². The minimum atomic E-state index is -4.77. The number of sulfonamides is 1. The summed E-state index contributed by atoms with van der Waals surface area (Å²) in [6, 6.07) is 6.15. The Morgan fingerprint density at radius 2 is 1.84 bits per heavy atom. The van der Waals surface area contributed by atoms with E-state index in [1.165, 1.54) is 18.3 Å². The third kappa shape index (κ3) is 9.01. The highest BCUT2D eigenvalue weighted by Gasteiger charge is 2.33. The normalized spacial score (nSPS) is 16.3. The van der Waals surface area contributed by atoms with Crippen molar-refractivity contribution in [1.82, 2.24) is 20.0 Å². The predicted octanol–water partition coefficient (Wildman–Crippen LogP) is 3.76. The average molecular weight is 645 g/mol. The van der Waals surface area contributed by atoms with Crippen molar-refractivity contribution in [3.05, 3.63) is 88.8 Å². The monoisotopic (exact) mass is 644 g/mol. The predicted molar refractivity (Wildman–Crippen MR) is 146 cm³/mol. The number of nitrogens with one attached hydrogen (secondary N) is 2. The van der Waals surface area contributed by atoms with Crippen LogP contribution in [0.25, 0.3) is 0 Å². The van der Waals surface area contributed by atoms with Crippen LogP contribution in [0.3, 0.4) is 0 Å². The second-order valence-corrected chi connectivity index (χ2v) is 13.3. The van der Waals surface area contributed by atoms with Crippen LogP contribution < -0.4 is 10.0 Å². The Bertz CT molecular complexity index is 1680. The summed E-state index contributed by atoms with van der Waals surface area (Å²) >= 11 is 0. The molecule has 0 spiro atoms. The van der Waals surface area contributed by atoms with Gasteiger partial charge >= 0.3 is 6.18 Å². The van der Waals surface area contributed by atoms with Crippen LogP contribution in [0.4, 0.5) is 17.6 Å². The molecule has 4 rings (SSSR count). The number of aromatic nitrogens is 2. The van der Waals surface area contributed by atoms with Gasteiger partial charge in [0.25, 0.3) is 10.1 Å². The molecule has 10 nitrogen and oxygen atoms in total. The molecule has 2 N–H and O–H groups in total. The first-order valence-electron chi connectivity index (χ1n) is 13.0. The van der Waals surface area contributed by atoms with Gasteiger partial charge in [0.2, 0.25) is 15.9 Å². The van der Waals surface area contributed by atoms with Crippen LogP contribution in [0.15, 0.2) is 59.6 Å². The number of amides is 1. The Kier molecular flexibility index (Phi) is 9.83. The first-order chi connectivity index (χ1) is 20.1. The summed E-state index contributed by atoms with van der Waals surface area (Å²) in [5.41, 5.74) is 0.382. The maximum atomic E-state index is 13.6. The van der Waals surface area contributed by atoms with Gasteiger partial charge in [0.1, 0.15) is 11.6 Å². The summed E-state index contributed by atoms with van der Waals surface area (Å²) in [6.07, 6.45) is -0.791. The summed E-state index contributed by atoms with van der Waals surface area (Å²) < 4.78 is 109. The Balaban J connectivity index is 1.51. The highest BCUT2D eigenvalue weighted by molar-refractivity contribution is 7.89. The highest BCUT2D eigenvalue weighted by atomic mass is 32.2. The summed E-state index contributed by atoms with van der Waals surface area (Å²) in [5.74, 6) is -0.812. The maximum Gasteiger partial charge on any atom is 0.416 e. The zero-order valence-corrected chi connectivity index (χ0v) is 24.4. The van der Waals surface area contributed by atoms with Gasteiger partial charge in [0.05, 0.1) is 35.4 Å². The molecular weight excluding hydrogens is 616 g/mol. The molecule has 0 radical (unpaired) electrons. The van der Waals surface area contributed by atoms with Gasteiger partial charge in [-0.2, -0.15) is 21.6 Å². The van der Waals surface area contributed by atoms with Crippen molar-refractivity contribution in [1.29, 1.82) is 0 Å². The van der Waals surface area contributed by atoms with Gasteiger partial charge in [-0.25, -0.2) is 27.5 Å².